The van der Waals surface area contributed by atoms with Gasteiger partial charge in [-0.2, -0.15) is 0 Å². The van der Waals surface area contributed by atoms with E-state index in [1.54, 1.807) is 17.0 Å². The molecule has 1 aliphatic carbocycles. The third kappa shape index (κ3) is 7.23. The number of benzene rings is 2. The Balaban J connectivity index is 1.77. The molecule has 0 heterocycles. The average Bonchev–Trinajstić information content (AvgIpc) is 2.84. The van der Waals surface area contributed by atoms with Crippen LogP contribution in [0.2, 0.25) is 5.02 Å². The van der Waals surface area contributed by atoms with Gasteiger partial charge in [0.25, 0.3) is 5.91 Å². The fourth-order valence-corrected chi connectivity index (χ4v) is 4.69. The van der Waals surface area contributed by atoms with Crippen LogP contribution >= 0.6 is 11.6 Å². The number of ether oxygens (including phenoxy) is 1. The summed E-state index contributed by atoms with van der Waals surface area (Å²) in [6.45, 7) is 6.34. The van der Waals surface area contributed by atoms with E-state index in [1.165, 1.54) is 6.42 Å². The quantitative estimate of drug-likeness (QED) is 0.443. The summed E-state index contributed by atoms with van der Waals surface area (Å²) in [5.41, 5.74) is 1.98. The molecule has 2 aromatic carbocycles. The second-order valence-corrected chi connectivity index (χ2v) is 9.83. The summed E-state index contributed by atoms with van der Waals surface area (Å²) in [6, 6.07) is 14.8. The molecule has 0 radical (unpaired) electrons. The van der Waals surface area contributed by atoms with Crippen LogP contribution in [-0.4, -0.2) is 35.4 Å². The van der Waals surface area contributed by atoms with Crippen molar-refractivity contribution in [3.8, 4) is 5.75 Å². The Morgan fingerprint density at radius 3 is 2.38 bits per heavy atom. The fraction of sp³-hybridized carbons (Fsp3) is 0.500. The van der Waals surface area contributed by atoms with Gasteiger partial charge in [-0.15, -0.1) is 0 Å². The highest BCUT2D eigenvalue weighted by Gasteiger charge is 2.30. The van der Waals surface area contributed by atoms with Crippen molar-refractivity contribution < 1.29 is 14.3 Å². The van der Waals surface area contributed by atoms with E-state index in [4.69, 9.17) is 16.3 Å². The number of halogens is 1. The molecule has 5 nitrogen and oxygen atoms in total. The summed E-state index contributed by atoms with van der Waals surface area (Å²) < 4.78 is 5.98. The molecule has 1 N–H and O–H groups in total. The largest absolute Gasteiger partial charge is 0.483 e. The molecule has 1 fully saturated rings. The van der Waals surface area contributed by atoms with Crippen molar-refractivity contribution in [2.45, 2.75) is 83.8 Å². The molecule has 0 aliphatic heterocycles. The van der Waals surface area contributed by atoms with Gasteiger partial charge in [-0.05, 0) is 54.5 Å². The maximum atomic E-state index is 13.5. The third-order valence-corrected chi connectivity index (χ3v) is 6.75. The van der Waals surface area contributed by atoms with Crippen LogP contribution in [0.3, 0.4) is 0 Å². The van der Waals surface area contributed by atoms with Crippen LogP contribution in [0.25, 0.3) is 0 Å². The van der Waals surface area contributed by atoms with Crippen molar-refractivity contribution in [3.05, 3.63) is 64.7 Å². The molecule has 2 amide bonds. The number of carbonyl (C=O) groups is 2. The van der Waals surface area contributed by atoms with E-state index >= 15 is 0 Å². The SMILES string of the molecule is CC[C@H](C(=O)NC1CCCCC1)N(Cc1ccc(Cl)cc1)C(=O)COc1ccccc1C(C)C. The minimum Gasteiger partial charge on any atom is -0.483 e. The predicted octanol–water partition coefficient (Wildman–Crippen LogP) is 6.10. The maximum Gasteiger partial charge on any atom is 0.261 e. The third-order valence-electron chi connectivity index (χ3n) is 6.50. The van der Waals surface area contributed by atoms with Crippen LogP contribution in [0.15, 0.2) is 48.5 Å². The van der Waals surface area contributed by atoms with Crippen LogP contribution in [0, 0.1) is 0 Å². The minimum atomic E-state index is -0.561. The predicted molar refractivity (Wildman–Crippen MR) is 137 cm³/mol. The lowest BCUT2D eigenvalue weighted by Crippen LogP contribution is -2.52. The Labute approximate surface area is 208 Å². The Morgan fingerprint density at radius 1 is 1.06 bits per heavy atom. The summed E-state index contributed by atoms with van der Waals surface area (Å²) in [7, 11) is 0. The first-order chi connectivity index (χ1) is 16.4. The Kier molecular flexibility index (Phi) is 9.82. The number of amides is 2. The molecule has 3 rings (SSSR count). The maximum absolute atomic E-state index is 13.5. The Morgan fingerprint density at radius 2 is 1.74 bits per heavy atom. The molecule has 0 unspecified atom stereocenters. The molecule has 0 aromatic heterocycles. The van der Waals surface area contributed by atoms with E-state index in [1.807, 2.05) is 43.3 Å². The number of carbonyl (C=O) groups excluding carboxylic acids is 2. The molecule has 0 bridgehead atoms. The lowest BCUT2D eigenvalue weighted by molar-refractivity contribution is -0.143. The summed E-state index contributed by atoms with van der Waals surface area (Å²) >= 11 is 6.05. The van der Waals surface area contributed by atoms with E-state index in [0.29, 0.717) is 23.7 Å². The zero-order valence-electron chi connectivity index (χ0n) is 20.6. The topological polar surface area (TPSA) is 58.6 Å². The van der Waals surface area contributed by atoms with E-state index in [-0.39, 0.29) is 30.4 Å². The summed E-state index contributed by atoms with van der Waals surface area (Å²) in [6.07, 6.45) is 6.03. The number of hydrogen-bond acceptors (Lipinski definition) is 3. The molecule has 1 atom stereocenters. The highest BCUT2D eigenvalue weighted by Crippen LogP contribution is 2.26. The molecule has 0 saturated heterocycles. The second kappa shape index (κ2) is 12.8. The average molecular weight is 485 g/mol. The van der Waals surface area contributed by atoms with Crippen molar-refractivity contribution in [1.29, 1.82) is 0 Å². The minimum absolute atomic E-state index is 0.0840. The standard InChI is InChI=1S/C28H37ClN2O3/c1-4-25(28(33)30-23-10-6-5-7-11-23)31(18-21-14-16-22(29)17-15-21)27(32)19-34-26-13-9-8-12-24(26)20(2)3/h8-9,12-17,20,23,25H,4-7,10-11,18-19H2,1-3H3,(H,30,33)/t25-/m1/s1. The van der Waals surface area contributed by atoms with Crippen LogP contribution in [0.5, 0.6) is 5.75 Å². The lowest BCUT2D eigenvalue weighted by atomic mass is 9.95. The van der Waals surface area contributed by atoms with Crippen LogP contribution in [-0.2, 0) is 16.1 Å². The van der Waals surface area contributed by atoms with Crippen LogP contribution in [0.1, 0.15) is 76.3 Å². The molecule has 6 heteroatoms. The van der Waals surface area contributed by atoms with Crippen molar-refractivity contribution in [2.75, 3.05) is 6.61 Å². The molecular formula is C28H37ClN2O3. The van der Waals surface area contributed by atoms with E-state index in [9.17, 15) is 9.59 Å². The molecule has 34 heavy (non-hydrogen) atoms. The number of nitrogens with zero attached hydrogens (tertiary/aromatic N) is 1. The Bertz CT molecular complexity index is 939. The van der Waals surface area contributed by atoms with Gasteiger partial charge < -0.3 is 15.0 Å². The van der Waals surface area contributed by atoms with Crippen molar-refractivity contribution in [3.63, 3.8) is 0 Å². The zero-order valence-corrected chi connectivity index (χ0v) is 21.3. The normalized spacial score (nSPS) is 15.1. The molecule has 2 aromatic rings. The lowest BCUT2D eigenvalue weighted by Gasteiger charge is -2.32. The van der Waals surface area contributed by atoms with E-state index < -0.39 is 6.04 Å². The summed E-state index contributed by atoms with van der Waals surface area (Å²) in [5, 5.41) is 3.84. The highest BCUT2D eigenvalue weighted by molar-refractivity contribution is 6.30. The van der Waals surface area contributed by atoms with Gasteiger partial charge in [0.15, 0.2) is 6.61 Å². The molecular weight excluding hydrogens is 448 g/mol. The fourth-order valence-electron chi connectivity index (χ4n) is 4.56. The second-order valence-electron chi connectivity index (χ2n) is 9.40. The van der Waals surface area contributed by atoms with Gasteiger partial charge in [0, 0.05) is 17.6 Å². The monoisotopic (exact) mass is 484 g/mol. The van der Waals surface area contributed by atoms with Crippen LogP contribution < -0.4 is 10.1 Å². The summed E-state index contributed by atoms with van der Waals surface area (Å²) in [4.78, 5) is 28.4. The number of rotatable bonds is 10. The highest BCUT2D eigenvalue weighted by atomic mass is 35.5. The van der Waals surface area contributed by atoms with Gasteiger partial charge in [-0.25, -0.2) is 0 Å². The van der Waals surface area contributed by atoms with Gasteiger partial charge in [-0.1, -0.05) is 82.0 Å². The number of para-hydroxylation sites is 1. The first-order valence-corrected chi connectivity index (χ1v) is 12.8. The molecule has 1 saturated carbocycles. The smallest absolute Gasteiger partial charge is 0.261 e. The molecule has 0 spiro atoms. The van der Waals surface area contributed by atoms with E-state index in [0.717, 1.165) is 36.8 Å². The first-order valence-electron chi connectivity index (χ1n) is 12.4. The van der Waals surface area contributed by atoms with Crippen molar-refractivity contribution in [1.82, 2.24) is 10.2 Å². The molecule has 1 aliphatic rings. The van der Waals surface area contributed by atoms with Crippen LogP contribution in [0.4, 0.5) is 0 Å². The number of hydrogen-bond donors (Lipinski definition) is 1. The van der Waals surface area contributed by atoms with Crippen molar-refractivity contribution >= 4 is 23.4 Å². The molecule has 184 valence electrons. The van der Waals surface area contributed by atoms with E-state index in [2.05, 4.69) is 19.2 Å². The van der Waals surface area contributed by atoms with Gasteiger partial charge in [0.2, 0.25) is 5.91 Å². The van der Waals surface area contributed by atoms with Gasteiger partial charge in [0.05, 0.1) is 0 Å². The summed E-state index contributed by atoms with van der Waals surface area (Å²) in [5.74, 6) is 0.691. The van der Waals surface area contributed by atoms with Gasteiger partial charge in [0.1, 0.15) is 11.8 Å². The van der Waals surface area contributed by atoms with Gasteiger partial charge in [-0.3, -0.25) is 9.59 Å². The van der Waals surface area contributed by atoms with Crippen molar-refractivity contribution in [2.24, 2.45) is 0 Å². The Hall–Kier alpha value is -2.53. The van der Waals surface area contributed by atoms with Gasteiger partial charge >= 0.3 is 0 Å². The first kappa shape index (κ1) is 26.1. The number of nitrogens with one attached hydrogen (secondary N) is 1. The zero-order chi connectivity index (χ0) is 24.5.